The van der Waals surface area contributed by atoms with Crippen molar-refractivity contribution in [3.05, 3.63) is 78.4 Å². The molecule has 0 saturated heterocycles. The van der Waals surface area contributed by atoms with Crippen molar-refractivity contribution < 1.29 is 9.53 Å². The van der Waals surface area contributed by atoms with E-state index >= 15 is 0 Å². The molecule has 1 atom stereocenters. The molecule has 1 unspecified atom stereocenters. The van der Waals surface area contributed by atoms with E-state index in [1.54, 1.807) is 0 Å². The second-order valence-corrected chi connectivity index (χ2v) is 7.11. The Bertz CT molecular complexity index is 913. The van der Waals surface area contributed by atoms with E-state index in [-0.39, 0.29) is 12.5 Å². The van der Waals surface area contributed by atoms with Crippen LogP contribution in [0.1, 0.15) is 26.7 Å². The average Bonchev–Trinajstić information content (AvgIpc) is 2.72. The lowest BCUT2D eigenvalue weighted by atomic mass is 9.85. The highest BCUT2D eigenvalue weighted by Crippen LogP contribution is 2.29. The summed E-state index contributed by atoms with van der Waals surface area (Å²) < 4.78 is 5.77. The van der Waals surface area contributed by atoms with Crippen molar-refractivity contribution in [3.63, 3.8) is 0 Å². The molecular weight excluding hydrogens is 348 g/mol. The van der Waals surface area contributed by atoms with Crippen LogP contribution in [0, 0.1) is 5.92 Å². The second kappa shape index (κ2) is 9.18. The zero-order valence-corrected chi connectivity index (χ0v) is 16.4. The van der Waals surface area contributed by atoms with Crippen molar-refractivity contribution >= 4 is 11.6 Å². The predicted molar refractivity (Wildman–Crippen MR) is 114 cm³/mol. The van der Waals surface area contributed by atoms with Gasteiger partial charge < -0.3 is 4.74 Å². The SMILES string of the molecule is C=C(C)C1CC=C(C)C(=NNC(=O)COc2ccccc2-c2ccccc2)C1. The van der Waals surface area contributed by atoms with Gasteiger partial charge in [-0.05, 0) is 49.8 Å². The van der Waals surface area contributed by atoms with E-state index in [1.165, 1.54) is 0 Å². The van der Waals surface area contributed by atoms with Crippen LogP contribution < -0.4 is 10.2 Å². The van der Waals surface area contributed by atoms with Crippen molar-refractivity contribution in [1.29, 1.82) is 0 Å². The molecule has 2 aromatic rings. The number of amides is 1. The van der Waals surface area contributed by atoms with Crippen LogP contribution in [0.25, 0.3) is 11.1 Å². The van der Waals surface area contributed by atoms with E-state index in [2.05, 4.69) is 23.2 Å². The highest BCUT2D eigenvalue weighted by atomic mass is 16.5. The van der Waals surface area contributed by atoms with Gasteiger partial charge in [0.2, 0.25) is 0 Å². The molecule has 0 heterocycles. The number of carbonyl (C=O) groups is 1. The lowest BCUT2D eigenvalue weighted by molar-refractivity contribution is -0.123. The van der Waals surface area contributed by atoms with Crippen molar-refractivity contribution in [2.45, 2.75) is 26.7 Å². The van der Waals surface area contributed by atoms with Crippen LogP contribution in [-0.4, -0.2) is 18.2 Å². The Morgan fingerprint density at radius 3 is 2.64 bits per heavy atom. The third-order valence-electron chi connectivity index (χ3n) is 4.95. The first-order chi connectivity index (χ1) is 13.5. The minimum Gasteiger partial charge on any atom is -0.483 e. The molecule has 1 aliphatic rings. The minimum absolute atomic E-state index is 0.0900. The van der Waals surface area contributed by atoms with Crippen LogP contribution in [0.4, 0.5) is 0 Å². The maximum absolute atomic E-state index is 12.2. The number of benzene rings is 2. The number of ether oxygens (including phenoxy) is 1. The van der Waals surface area contributed by atoms with Gasteiger partial charge in [0.15, 0.2) is 6.61 Å². The predicted octanol–water partition coefficient (Wildman–Crippen LogP) is 5.14. The number of carbonyl (C=O) groups excluding carboxylic acids is 1. The summed E-state index contributed by atoms with van der Waals surface area (Å²) in [4.78, 5) is 12.2. The minimum atomic E-state index is -0.277. The van der Waals surface area contributed by atoms with Gasteiger partial charge >= 0.3 is 0 Å². The largest absolute Gasteiger partial charge is 0.483 e. The molecule has 0 fully saturated rings. The molecule has 0 bridgehead atoms. The highest BCUT2D eigenvalue weighted by Gasteiger charge is 2.19. The van der Waals surface area contributed by atoms with Crippen LogP contribution in [0.2, 0.25) is 0 Å². The van der Waals surface area contributed by atoms with E-state index in [0.717, 1.165) is 40.8 Å². The summed E-state index contributed by atoms with van der Waals surface area (Å²) >= 11 is 0. The number of hydrogen-bond acceptors (Lipinski definition) is 3. The molecule has 0 radical (unpaired) electrons. The second-order valence-electron chi connectivity index (χ2n) is 7.11. The Balaban J connectivity index is 1.62. The molecule has 1 aliphatic carbocycles. The Morgan fingerprint density at radius 2 is 1.89 bits per heavy atom. The first-order valence-corrected chi connectivity index (χ1v) is 9.49. The van der Waals surface area contributed by atoms with Crippen LogP contribution in [-0.2, 0) is 4.79 Å². The van der Waals surface area contributed by atoms with Gasteiger partial charge in [0, 0.05) is 5.56 Å². The highest BCUT2D eigenvalue weighted by molar-refractivity contribution is 6.01. The molecule has 4 nitrogen and oxygen atoms in total. The standard InChI is InChI=1S/C24H26N2O2/c1-17(2)20-14-13-18(3)22(15-20)25-26-24(27)16-28-23-12-8-7-11-21(23)19-9-5-4-6-10-19/h4-13,20H,1,14-16H2,2-3H3,(H,26,27). The van der Waals surface area contributed by atoms with E-state index in [4.69, 9.17) is 4.74 Å². The van der Waals surface area contributed by atoms with Gasteiger partial charge in [0.25, 0.3) is 5.91 Å². The van der Waals surface area contributed by atoms with Gasteiger partial charge in [0.1, 0.15) is 5.75 Å². The maximum Gasteiger partial charge on any atom is 0.277 e. The number of nitrogens with one attached hydrogen (secondary N) is 1. The van der Waals surface area contributed by atoms with Gasteiger partial charge in [-0.1, -0.05) is 66.8 Å². The number of rotatable bonds is 6. The fourth-order valence-corrected chi connectivity index (χ4v) is 3.18. The molecule has 1 amide bonds. The van der Waals surface area contributed by atoms with Crippen molar-refractivity contribution in [1.82, 2.24) is 5.43 Å². The molecular formula is C24H26N2O2. The van der Waals surface area contributed by atoms with Crippen LogP contribution in [0.15, 0.2) is 83.5 Å². The molecule has 144 valence electrons. The van der Waals surface area contributed by atoms with Gasteiger partial charge in [0.05, 0.1) is 5.71 Å². The molecule has 3 rings (SSSR count). The molecule has 1 N–H and O–H groups in total. The van der Waals surface area contributed by atoms with Crippen LogP contribution >= 0.6 is 0 Å². The molecule has 0 spiro atoms. The fraction of sp³-hybridized carbons (Fsp3) is 0.250. The third-order valence-corrected chi connectivity index (χ3v) is 4.95. The van der Waals surface area contributed by atoms with Crippen molar-refractivity contribution in [2.75, 3.05) is 6.61 Å². The van der Waals surface area contributed by atoms with E-state index in [0.29, 0.717) is 11.7 Å². The normalized spacial score (nSPS) is 17.7. The van der Waals surface area contributed by atoms with E-state index < -0.39 is 0 Å². The average molecular weight is 374 g/mol. The van der Waals surface area contributed by atoms with E-state index in [9.17, 15) is 4.79 Å². The maximum atomic E-state index is 12.2. The van der Waals surface area contributed by atoms with Gasteiger partial charge in [-0.15, -0.1) is 0 Å². The van der Waals surface area contributed by atoms with Gasteiger partial charge in [-0.2, -0.15) is 5.10 Å². The Kier molecular flexibility index (Phi) is 6.43. The monoisotopic (exact) mass is 374 g/mol. The zero-order chi connectivity index (χ0) is 19.9. The quantitative estimate of drug-likeness (QED) is 0.562. The van der Waals surface area contributed by atoms with Crippen LogP contribution in [0.5, 0.6) is 5.75 Å². The first-order valence-electron chi connectivity index (χ1n) is 9.49. The summed E-state index contributed by atoms with van der Waals surface area (Å²) in [6.07, 6.45) is 3.93. The lowest BCUT2D eigenvalue weighted by Crippen LogP contribution is -2.27. The summed E-state index contributed by atoms with van der Waals surface area (Å²) in [6.45, 7) is 8.00. The van der Waals surface area contributed by atoms with Gasteiger partial charge in [-0.3, -0.25) is 4.79 Å². The van der Waals surface area contributed by atoms with Crippen LogP contribution in [0.3, 0.4) is 0 Å². The van der Waals surface area contributed by atoms with Crippen molar-refractivity contribution in [2.24, 2.45) is 11.0 Å². The Labute approximate surface area is 166 Å². The number of allylic oxidation sites excluding steroid dienone is 3. The van der Waals surface area contributed by atoms with Crippen molar-refractivity contribution in [3.8, 4) is 16.9 Å². The fourth-order valence-electron chi connectivity index (χ4n) is 3.18. The lowest BCUT2D eigenvalue weighted by Gasteiger charge is -2.22. The summed E-state index contributed by atoms with van der Waals surface area (Å²) in [5, 5.41) is 4.32. The summed E-state index contributed by atoms with van der Waals surface area (Å²) in [5.74, 6) is 0.779. The molecule has 0 saturated carbocycles. The zero-order valence-electron chi connectivity index (χ0n) is 16.4. The molecule has 0 aromatic heterocycles. The molecule has 2 aromatic carbocycles. The first kappa shape index (κ1) is 19.6. The Morgan fingerprint density at radius 1 is 1.18 bits per heavy atom. The van der Waals surface area contributed by atoms with E-state index in [1.807, 2.05) is 68.4 Å². The topological polar surface area (TPSA) is 50.7 Å². The molecule has 4 heteroatoms. The summed E-state index contributed by atoms with van der Waals surface area (Å²) in [5.41, 5.74) is 7.78. The number of para-hydroxylation sites is 1. The molecule has 0 aliphatic heterocycles. The number of nitrogens with zero attached hydrogens (tertiary/aromatic N) is 1. The molecule has 28 heavy (non-hydrogen) atoms. The summed E-state index contributed by atoms with van der Waals surface area (Å²) in [6, 6.07) is 17.7. The Hall–Kier alpha value is -3.14. The van der Waals surface area contributed by atoms with Gasteiger partial charge in [-0.25, -0.2) is 5.43 Å². The third kappa shape index (κ3) is 4.97. The summed E-state index contributed by atoms with van der Waals surface area (Å²) in [7, 11) is 0. The smallest absolute Gasteiger partial charge is 0.277 e. The number of hydrazone groups is 1. The number of hydrogen-bond donors (Lipinski definition) is 1.